The van der Waals surface area contributed by atoms with Gasteiger partial charge in [-0.15, -0.1) is 0 Å². The Morgan fingerprint density at radius 2 is 2.27 bits per heavy atom. The monoisotopic (exact) mass is 322 g/mol. The van der Waals surface area contributed by atoms with Crippen molar-refractivity contribution in [1.29, 1.82) is 0 Å². The molecule has 118 valence electrons. The van der Waals surface area contributed by atoms with Gasteiger partial charge in [-0.05, 0) is 25.5 Å². The molecule has 0 saturated heterocycles. The molecule has 2 aromatic rings. The standard InChI is InChI=1S/C15H18N2O4S/c1-4-5-10-8-13(18)17-15(16-10)22-9(2)11-6-7-12(21-11)14(19)20-3/h6-9H,4-5H2,1-3H3,(H,16,17,18). The average molecular weight is 322 g/mol. The van der Waals surface area contributed by atoms with Crippen molar-refractivity contribution in [2.24, 2.45) is 0 Å². The van der Waals surface area contributed by atoms with E-state index >= 15 is 0 Å². The summed E-state index contributed by atoms with van der Waals surface area (Å²) >= 11 is 1.37. The van der Waals surface area contributed by atoms with Crippen LogP contribution in [0.3, 0.4) is 0 Å². The Hall–Kier alpha value is -2.02. The second kappa shape index (κ2) is 7.31. The third kappa shape index (κ3) is 4.00. The van der Waals surface area contributed by atoms with Crippen LogP contribution in [0.1, 0.15) is 47.5 Å². The van der Waals surface area contributed by atoms with Crippen LogP contribution in [0, 0.1) is 0 Å². The molecule has 2 heterocycles. The van der Waals surface area contributed by atoms with E-state index in [9.17, 15) is 9.59 Å². The highest BCUT2D eigenvalue weighted by Crippen LogP contribution is 2.33. The minimum atomic E-state index is -0.514. The zero-order valence-electron chi connectivity index (χ0n) is 12.7. The minimum Gasteiger partial charge on any atom is -0.463 e. The summed E-state index contributed by atoms with van der Waals surface area (Å²) < 4.78 is 10.1. The second-order valence-corrected chi connectivity index (χ2v) is 6.08. The highest BCUT2D eigenvalue weighted by atomic mass is 32.2. The maximum atomic E-state index is 11.6. The summed E-state index contributed by atoms with van der Waals surface area (Å²) in [7, 11) is 1.30. The van der Waals surface area contributed by atoms with Crippen molar-refractivity contribution in [1.82, 2.24) is 9.97 Å². The van der Waals surface area contributed by atoms with Crippen molar-refractivity contribution < 1.29 is 13.9 Å². The highest BCUT2D eigenvalue weighted by molar-refractivity contribution is 7.99. The predicted molar refractivity (Wildman–Crippen MR) is 83.2 cm³/mol. The lowest BCUT2D eigenvalue weighted by Crippen LogP contribution is -2.10. The predicted octanol–water partition coefficient (Wildman–Crippen LogP) is 2.96. The van der Waals surface area contributed by atoms with Crippen molar-refractivity contribution in [3.63, 3.8) is 0 Å². The Bertz CT molecular complexity index is 708. The number of rotatable bonds is 6. The van der Waals surface area contributed by atoms with E-state index in [0.29, 0.717) is 10.9 Å². The van der Waals surface area contributed by atoms with Crippen molar-refractivity contribution in [3.8, 4) is 0 Å². The number of nitrogens with zero attached hydrogens (tertiary/aromatic N) is 1. The summed E-state index contributed by atoms with van der Waals surface area (Å²) in [6, 6.07) is 4.81. The van der Waals surface area contributed by atoms with Gasteiger partial charge >= 0.3 is 5.97 Å². The molecular formula is C15H18N2O4S. The molecule has 0 amide bonds. The molecule has 1 unspecified atom stereocenters. The van der Waals surface area contributed by atoms with Crippen LogP contribution in [0.2, 0.25) is 0 Å². The van der Waals surface area contributed by atoms with Crippen LogP contribution in [-0.4, -0.2) is 23.0 Å². The summed E-state index contributed by atoms with van der Waals surface area (Å²) in [6.07, 6.45) is 1.69. The van der Waals surface area contributed by atoms with Crippen molar-refractivity contribution in [3.05, 3.63) is 45.8 Å². The molecule has 0 fully saturated rings. The number of aryl methyl sites for hydroxylation is 1. The molecule has 0 spiro atoms. The quantitative estimate of drug-likeness (QED) is 0.500. The summed E-state index contributed by atoms with van der Waals surface area (Å²) in [4.78, 5) is 30.2. The largest absolute Gasteiger partial charge is 0.463 e. The number of aromatic amines is 1. The molecule has 2 rings (SSSR count). The number of nitrogens with one attached hydrogen (secondary N) is 1. The number of ether oxygens (including phenoxy) is 1. The first kappa shape index (κ1) is 16.4. The van der Waals surface area contributed by atoms with Gasteiger partial charge in [-0.3, -0.25) is 4.79 Å². The van der Waals surface area contributed by atoms with Crippen molar-refractivity contribution >= 4 is 17.7 Å². The van der Waals surface area contributed by atoms with Crippen molar-refractivity contribution in [2.45, 2.75) is 37.1 Å². The van der Waals surface area contributed by atoms with E-state index in [0.717, 1.165) is 18.5 Å². The van der Waals surface area contributed by atoms with Gasteiger partial charge in [0.2, 0.25) is 5.76 Å². The number of hydrogen-bond donors (Lipinski definition) is 1. The molecule has 0 radical (unpaired) electrons. The maximum absolute atomic E-state index is 11.6. The molecule has 0 aliphatic carbocycles. The summed E-state index contributed by atoms with van der Waals surface area (Å²) in [5.74, 6) is 0.264. The summed E-state index contributed by atoms with van der Waals surface area (Å²) in [5.41, 5.74) is 0.610. The average Bonchev–Trinajstić information content (AvgIpc) is 2.96. The van der Waals surface area contributed by atoms with Gasteiger partial charge < -0.3 is 14.1 Å². The molecule has 2 aromatic heterocycles. The topological polar surface area (TPSA) is 85.2 Å². The lowest BCUT2D eigenvalue weighted by Gasteiger charge is -2.08. The fourth-order valence-electron chi connectivity index (χ4n) is 1.93. The van der Waals surface area contributed by atoms with Crippen LogP contribution < -0.4 is 5.56 Å². The first-order chi connectivity index (χ1) is 10.5. The fourth-order valence-corrected chi connectivity index (χ4v) is 2.84. The number of hydrogen-bond acceptors (Lipinski definition) is 6. The number of esters is 1. The molecule has 1 atom stereocenters. The Morgan fingerprint density at radius 1 is 1.50 bits per heavy atom. The Balaban J connectivity index is 2.14. The number of H-pyrrole nitrogens is 1. The van der Waals surface area contributed by atoms with Gasteiger partial charge in [0.25, 0.3) is 5.56 Å². The van der Waals surface area contributed by atoms with Crippen LogP contribution in [0.5, 0.6) is 0 Å². The molecule has 0 saturated carbocycles. The van der Waals surface area contributed by atoms with Gasteiger partial charge in [0.05, 0.1) is 12.4 Å². The molecule has 22 heavy (non-hydrogen) atoms. The summed E-state index contributed by atoms with van der Waals surface area (Å²) in [5, 5.41) is 0.443. The second-order valence-electron chi connectivity index (χ2n) is 4.75. The van der Waals surface area contributed by atoms with E-state index < -0.39 is 5.97 Å². The lowest BCUT2D eigenvalue weighted by atomic mass is 10.2. The Kier molecular flexibility index (Phi) is 5.43. The first-order valence-electron chi connectivity index (χ1n) is 6.98. The minimum absolute atomic E-state index is 0.0987. The number of thioether (sulfide) groups is 1. The van der Waals surface area contributed by atoms with Gasteiger partial charge in [0.1, 0.15) is 5.76 Å². The number of methoxy groups -OCH3 is 1. The van der Waals surface area contributed by atoms with Gasteiger partial charge in [-0.2, -0.15) is 0 Å². The smallest absolute Gasteiger partial charge is 0.373 e. The molecule has 0 aliphatic heterocycles. The number of carbonyl (C=O) groups excluding carboxylic acids is 1. The highest BCUT2D eigenvalue weighted by Gasteiger charge is 2.17. The molecule has 1 N–H and O–H groups in total. The van der Waals surface area contributed by atoms with Gasteiger partial charge in [0.15, 0.2) is 5.16 Å². The van der Waals surface area contributed by atoms with E-state index in [1.165, 1.54) is 24.9 Å². The van der Waals surface area contributed by atoms with Gasteiger partial charge in [0, 0.05) is 11.8 Å². The maximum Gasteiger partial charge on any atom is 0.373 e. The lowest BCUT2D eigenvalue weighted by molar-refractivity contribution is 0.0563. The van der Waals surface area contributed by atoms with Crippen LogP contribution >= 0.6 is 11.8 Å². The number of carbonyl (C=O) groups is 1. The number of furan rings is 1. The molecule has 6 nitrogen and oxygen atoms in total. The Morgan fingerprint density at radius 3 is 2.95 bits per heavy atom. The summed E-state index contributed by atoms with van der Waals surface area (Å²) in [6.45, 7) is 3.95. The molecule has 0 bridgehead atoms. The van der Waals surface area contributed by atoms with E-state index in [4.69, 9.17) is 4.42 Å². The molecular weight excluding hydrogens is 304 g/mol. The van der Waals surface area contributed by atoms with E-state index in [2.05, 4.69) is 14.7 Å². The van der Waals surface area contributed by atoms with E-state index in [1.807, 2.05) is 13.8 Å². The van der Waals surface area contributed by atoms with Crippen LogP contribution in [-0.2, 0) is 11.2 Å². The van der Waals surface area contributed by atoms with Crippen LogP contribution in [0.15, 0.2) is 32.6 Å². The van der Waals surface area contributed by atoms with Gasteiger partial charge in [-0.1, -0.05) is 25.1 Å². The van der Waals surface area contributed by atoms with Crippen LogP contribution in [0.4, 0.5) is 0 Å². The zero-order valence-corrected chi connectivity index (χ0v) is 13.5. The normalized spacial score (nSPS) is 12.1. The van der Waals surface area contributed by atoms with Gasteiger partial charge in [-0.25, -0.2) is 9.78 Å². The first-order valence-corrected chi connectivity index (χ1v) is 7.86. The molecule has 0 aliphatic rings. The zero-order chi connectivity index (χ0) is 16.1. The third-order valence-electron chi connectivity index (χ3n) is 2.98. The molecule has 7 heteroatoms. The Labute approximate surface area is 132 Å². The fraction of sp³-hybridized carbons (Fsp3) is 0.400. The van der Waals surface area contributed by atoms with Crippen molar-refractivity contribution in [2.75, 3.05) is 7.11 Å². The van der Waals surface area contributed by atoms with E-state index in [1.54, 1.807) is 12.1 Å². The SMILES string of the molecule is CCCc1cc(=O)[nH]c(SC(C)c2ccc(C(=O)OC)o2)n1. The number of aromatic nitrogens is 2. The molecule has 0 aromatic carbocycles. The van der Waals surface area contributed by atoms with E-state index in [-0.39, 0.29) is 16.6 Å². The van der Waals surface area contributed by atoms with Crippen LogP contribution in [0.25, 0.3) is 0 Å². The third-order valence-corrected chi connectivity index (χ3v) is 3.98.